The minimum atomic E-state index is -0.0784. The molecule has 0 fully saturated rings. The van der Waals surface area contributed by atoms with Crippen molar-refractivity contribution >= 4 is 30.5 Å². The molecule has 0 saturated carbocycles. The highest BCUT2D eigenvalue weighted by Gasteiger charge is 2.31. The molecule has 2 heterocycles. The molecule has 152 valence electrons. The van der Waals surface area contributed by atoms with Crippen LogP contribution in [0.4, 0.5) is 0 Å². The normalized spacial score (nSPS) is 15.7. The van der Waals surface area contributed by atoms with E-state index in [-0.39, 0.29) is 11.9 Å². The topological polar surface area (TPSA) is 67.6 Å². The summed E-state index contributed by atoms with van der Waals surface area (Å²) in [5.74, 6) is -0.0784. The van der Waals surface area contributed by atoms with E-state index < -0.39 is 0 Å². The molecule has 7 heteroatoms. The van der Waals surface area contributed by atoms with Gasteiger partial charge in [-0.2, -0.15) is 5.10 Å². The molecular weight excluding hydrogens is 400 g/mol. The fraction of sp³-hybridized carbons (Fsp3) is 0.217. The summed E-state index contributed by atoms with van der Waals surface area (Å²) in [6, 6.07) is 14.9. The van der Waals surface area contributed by atoms with Crippen LogP contribution < -0.4 is 0 Å². The Hall–Kier alpha value is -3.25. The monoisotopic (exact) mass is 420 g/mol. The van der Waals surface area contributed by atoms with E-state index in [1.807, 2.05) is 36.1 Å². The fourth-order valence-corrected chi connectivity index (χ4v) is 3.94. The molecule has 0 spiro atoms. The van der Waals surface area contributed by atoms with E-state index in [1.165, 1.54) is 0 Å². The third kappa shape index (κ3) is 3.78. The number of hydrogen-bond donors (Lipinski definition) is 0. The van der Waals surface area contributed by atoms with Gasteiger partial charge in [0, 0.05) is 29.2 Å². The summed E-state index contributed by atoms with van der Waals surface area (Å²) in [6.07, 6.45) is 0.753. The lowest BCUT2D eigenvalue weighted by atomic mass is 10.0. The SMILES string of the molecule is C=NCc1ccc(CN2C[C@H](C)n3nc(-c4ccc(Cl)cc4C=O)cc3C2=O)cc1. The molecule has 1 aliphatic rings. The number of fused-ring (bicyclic) bond motifs is 1. The van der Waals surface area contributed by atoms with Crippen LogP contribution in [0.5, 0.6) is 0 Å². The number of halogens is 1. The lowest BCUT2D eigenvalue weighted by molar-refractivity contribution is 0.0651. The minimum absolute atomic E-state index is 0.0164. The highest BCUT2D eigenvalue weighted by molar-refractivity contribution is 6.31. The van der Waals surface area contributed by atoms with Gasteiger partial charge >= 0.3 is 0 Å². The van der Waals surface area contributed by atoms with Crippen LogP contribution in [0.2, 0.25) is 5.02 Å². The van der Waals surface area contributed by atoms with E-state index in [1.54, 1.807) is 28.9 Å². The molecule has 1 amide bonds. The Morgan fingerprint density at radius 1 is 1.20 bits per heavy atom. The van der Waals surface area contributed by atoms with E-state index in [0.29, 0.717) is 47.2 Å². The molecule has 0 bridgehead atoms. The minimum Gasteiger partial charge on any atom is -0.331 e. The third-order valence-electron chi connectivity index (χ3n) is 5.25. The highest BCUT2D eigenvalue weighted by Crippen LogP contribution is 2.30. The molecule has 0 N–H and O–H groups in total. The predicted molar refractivity (Wildman–Crippen MR) is 117 cm³/mol. The number of carbonyl (C=O) groups excluding carboxylic acids is 2. The van der Waals surface area contributed by atoms with Crippen LogP contribution in [0.25, 0.3) is 11.3 Å². The Bertz CT molecular complexity index is 1120. The number of amides is 1. The Labute approximate surface area is 179 Å². The Morgan fingerprint density at radius 3 is 2.63 bits per heavy atom. The first-order valence-corrected chi connectivity index (χ1v) is 10.0. The molecule has 4 rings (SSSR count). The van der Waals surface area contributed by atoms with Gasteiger partial charge in [-0.05, 0) is 43.0 Å². The molecule has 0 aliphatic carbocycles. The molecule has 0 radical (unpaired) electrons. The predicted octanol–water partition coefficient (Wildman–Crippen LogP) is 4.43. The average molecular weight is 421 g/mol. The van der Waals surface area contributed by atoms with Gasteiger partial charge in [-0.3, -0.25) is 19.3 Å². The van der Waals surface area contributed by atoms with Gasteiger partial charge in [0.15, 0.2) is 6.29 Å². The van der Waals surface area contributed by atoms with Crippen LogP contribution in [-0.2, 0) is 13.1 Å². The van der Waals surface area contributed by atoms with Crippen LogP contribution in [-0.4, -0.2) is 40.1 Å². The summed E-state index contributed by atoms with van der Waals surface area (Å²) in [4.78, 5) is 30.3. The smallest absolute Gasteiger partial charge is 0.272 e. The Balaban J connectivity index is 1.61. The zero-order valence-corrected chi connectivity index (χ0v) is 17.3. The van der Waals surface area contributed by atoms with Gasteiger partial charge in [-0.15, -0.1) is 0 Å². The van der Waals surface area contributed by atoms with Crippen LogP contribution >= 0.6 is 11.6 Å². The van der Waals surface area contributed by atoms with Crippen molar-refractivity contribution in [1.29, 1.82) is 0 Å². The number of aromatic nitrogens is 2. The maximum atomic E-state index is 13.1. The zero-order chi connectivity index (χ0) is 21.3. The molecule has 1 aliphatic heterocycles. The molecule has 2 aromatic carbocycles. The summed E-state index contributed by atoms with van der Waals surface area (Å²) in [5, 5.41) is 5.10. The molecule has 1 aromatic heterocycles. The lowest BCUT2D eigenvalue weighted by Crippen LogP contribution is -2.41. The summed E-state index contributed by atoms with van der Waals surface area (Å²) < 4.78 is 1.75. The van der Waals surface area contributed by atoms with Gasteiger partial charge in [-0.25, -0.2) is 0 Å². The van der Waals surface area contributed by atoms with Crippen LogP contribution in [0.15, 0.2) is 53.5 Å². The maximum absolute atomic E-state index is 13.1. The second kappa shape index (κ2) is 8.24. The summed E-state index contributed by atoms with van der Waals surface area (Å²) in [6.45, 7) is 7.20. The number of nitrogens with zero attached hydrogens (tertiary/aromatic N) is 4. The number of aldehydes is 1. The van der Waals surface area contributed by atoms with Crippen LogP contribution in [0, 0.1) is 0 Å². The third-order valence-corrected chi connectivity index (χ3v) is 5.49. The molecule has 3 aromatic rings. The van der Waals surface area contributed by atoms with Gasteiger partial charge in [0.2, 0.25) is 0 Å². The maximum Gasteiger partial charge on any atom is 0.272 e. The van der Waals surface area contributed by atoms with Crippen molar-refractivity contribution in [2.75, 3.05) is 6.54 Å². The highest BCUT2D eigenvalue weighted by atomic mass is 35.5. The van der Waals surface area contributed by atoms with E-state index in [0.717, 1.165) is 17.4 Å². The largest absolute Gasteiger partial charge is 0.331 e. The standard InChI is InChI=1S/C23H21ClN4O2/c1-15-12-27(13-17-5-3-16(4-6-17)11-25-2)23(30)22-10-21(26-28(15)22)20-8-7-19(24)9-18(20)14-29/h3-10,14-15H,2,11-13H2,1H3/t15-/m0/s1. The molecule has 6 nitrogen and oxygen atoms in total. The Morgan fingerprint density at radius 2 is 1.93 bits per heavy atom. The first-order valence-electron chi connectivity index (χ1n) is 9.64. The average Bonchev–Trinajstić information content (AvgIpc) is 3.19. The number of rotatable bonds is 6. The van der Waals surface area contributed by atoms with Crippen molar-refractivity contribution in [3.05, 3.63) is 75.9 Å². The van der Waals surface area contributed by atoms with E-state index in [9.17, 15) is 9.59 Å². The van der Waals surface area contributed by atoms with Crippen LogP contribution in [0.3, 0.4) is 0 Å². The number of hydrogen-bond acceptors (Lipinski definition) is 4. The van der Waals surface area contributed by atoms with Crippen molar-refractivity contribution in [2.45, 2.75) is 26.1 Å². The number of benzene rings is 2. The first kappa shape index (κ1) is 20.0. The molecule has 0 unspecified atom stereocenters. The van der Waals surface area contributed by atoms with Crippen molar-refractivity contribution in [3.8, 4) is 11.3 Å². The second-order valence-corrected chi connectivity index (χ2v) is 7.88. The summed E-state index contributed by atoms with van der Waals surface area (Å²) >= 11 is 6.00. The number of carbonyl (C=O) groups is 2. The van der Waals surface area contributed by atoms with Gasteiger partial charge in [-0.1, -0.05) is 41.9 Å². The van der Waals surface area contributed by atoms with Crippen molar-refractivity contribution < 1.29 is 9.59 Å². The first-order chi connectivity index (χ1) is 14.5. The molecule has 0 saturated heterocycles. The van der Waals surface area contributed by atoms with Gasteiger partial charge in [0.25, 0.3) is 5.91 Å². The summed E-state index contributed by atoms with van der Waals surface area (Å²) in [5.41, 5.74) is 4.36. The quantitative estimate of drug-likeness (QED) is 0.437. The molecular formula is C23H21ClN4O2. The van der Waals surface area contributed by atoms with E-state index >= 15 is 0 Å². The second-order valence-electron chi connectivity index (χ2n) is 7.44. The molecule has 30 heavy (non-hydrogen) atoms. The lowest BCUT2D eigenvalue weighted by Gasteiger charge is -2.31. The van der Waals surface area contributed by atoms with Crippen molar-refractivity contribution in [3.63, 3.8) is 0 Å². The van der Waals surface area contributed by atoms with Gasteiger partial charge < -0.3 is 4.90 Å². The fourth-order valence-electron chi connectivity index (χ4n) is 3.76. The van der Waals surface area contributed by atoms with E-state index in [2.05, 4.69) is 16.8 Å². The van der Waals surface area contributed by atoms with Gasteiger partial charge in [0.05, 0.1) is 18.3 Å². The van der Waals surface area contributed by atoms with E-state index in [4.69, 9.17) is 11.6 Å². The van der Waals surface area contributed by atoms with Crippen LogP contribution in [0.1, 0.15) is 44.9 Å². The van der Waals surface area contributed by atoms with Crippen molar-refractivity contribution in [1.82, 2.24) is 14.7 Å². The molecule has 1 atom stereocenters. The summed E-state index contributed by atoms with van der Waals surface area (Å²) in [7, 11) is 0. The zero-order valence-electron chi connectivity index (χ0n) is 16.6. The van der Waals surface area contributed by atoms with Gasteiger partial charge in [0.1, 0.15) is 5.69 Å². The Kier molecular flexibility index (Phi) is 5.50. The number of aliphatic imine (C=N–C) groups is 1. The van der Waals surface area contributed by atoms with Crippen molar-refractivity contribution in [2.24, 2.45) is 4.99 Å².